The van der Waals surface area contributed by atoms with Crippen molar-refractivity contribution in [3.8, 4) is 0 Å². The lowest BCUT2D eigenvalue weighted by atomic mass is 10.0. The van der Waals surface area contributed by atoms with Crippen LogP contribution in [0.5, 0.6) is 0 Å². The Kier molecular flexibility index (Phi) is 3.50. The highest BCUT2D eigenvalue weighted by Gasteiger charge is 2.32. The maximum absolute atomic E-state index is 12.0. The SMILES string of the molecule is CC(=CC(=O)N1CCCC[C@@H]1C(=O)O)C1CC1. The molecule has 0 radical (unpaired) electrons. The van der Waals surface area contributed by atoms with Gasteiger partial charge in [0.05, 0.1) is 0 Å². The van der Waals surface area contributed by atoms with Gasteiger partial charge in [0.15, 0.2) is 0 Å². The monoisotopic (exact) mass is 237 g/mol. The van der Waals surface area contributed by atoms with Gasteiger partial charge in [-0.1, -0.05) is 5.57 Å². The van der Waals surface area contributed by atoms with Crippen molar-refractivity contribution in [3.63, 3.8) is 0 Å². The molecule has 17 heavy (non-hydrogen) atoms. The maximum atomic E-state index is 12.0. The van der Waals surface area contributed by atoms with Gasteiger partial charge in [-0.05, 0) is 44.9 Å². The Hall–Kier alpha value is -1.32. The maximum Gasteiger partial charge on any atom is 0.326 e. The number of hydrogen-bond donors (Lipinski definition) is 1. The molecule has 0 aromatic carbocycles. The summed E-state index contributed by atoms with van der Waals surface area (Å²) in [6.07, 6.45) is 6.35. The third-order valence-corrected chi connectivity index (χ3v) is 3.64. The van der Waals surface area contributed by atoms with E-state index in [1.165, 1.54) is 4.90 Å². The summed E-state index contributed by atoms with van der Waals surface area (Å²) in [5.41, 5.74) is 1.10. The van der Waals surface area contributed by atoms with Crippen LogP contribution in [0.1, 0.15) is 39.0 Å². The average molecular weight is 237 g/mol. The molecule has 0 aromatic rings. The number of piperidine rings is 1. The smallest absolute Gasteiger partial charge is 0.326 e. The van der Waals surface area contributed by atoms with Crippen LogP contribution in [-0.4, -0.2) is 34.5 Å². The molecule has 1 aliphatic heterocycles. The number of hydrogen-bond acceptors (Lipinski definition) is 2. The molecule has 4 heteroatoms. The molecule has 0 aromatic heterocycles. The van der Waals surface area contributed by atoms with Crippen molar-refractivity contribution in [2.24, 2.45) is 5.92 Å². The summed E-state index contributed by atoms with van der Waals surface area (Å²) in [5.74, 6) is -0.441. The molecule has 94 valence electrons. The molecule has 1 N–H and O–H groups in total. The van der Waals surface area contributed by atoms with E-state index in [-0.39, 0.29) is 5.91 Å². The summed E-state index contributed by atoms with van der Waals surface area (Å²) in [5, 5.41) is 9.10. The molecule has 1 aliphatic carbocycles. The summed E-state index contributed by atoms with van der Waals surface area (Å²) < 4.78 is 0. The van der Waals surface area contributed by atoms with Crippen LogP contribution < -0.4 is 0 Å². The Morgan fingerprint density at radius 3 is 2.53 bits per heavy atom. The van der Waals surface area contributed by atoms with E-state index in [4.69, 9.17) is 5.11 Å². The van der Waals surface area contributed by atoms with E-state index in [1.54, 1.807) is 6.08 Å². The van der Waals surface area contributed by atoms with Crippen molar-refractivity contribution in [2.45, 2.75) is 45.1 Å². The molecule has 2 aliphatic rings. The lowest BCUT2D eigenvalue weighted by molar-refractivity contribution is -0.150. The second-order valence-corrected chi connectivity index (χ2v) is 5.04. The van der Waals surface area contributed by atoms with Crippen molar-refractivity contribution >= 4 is 11.9 Å². The quantitative estimate of drug-likeness (QED) is 0.761. The topological polar surface area (TPSA) is 57.6 Å². The number of rotatable bonds is 3. The van der Waals surface area contributed by atoms with E-state index in [9.17, 15) is 9.59 Å². The van der Waals surface area contributed by atoms with Gasteiger partial charge in [-0.15, -0.1) is 0 Å². The van der Waals surface area contributed by atoms with Crippen LogP contribution in [0, 0.1) is 5.92 Å². The molecular weight excluding hydrogens is 218 g/mol. The van der Waals surface area contributed by atoms with Crippen LogP contribution in [0.3, 0.4) is 0 Å². The normalized spacial score (nSPS) is 25.8. The van der Waals surface area contributed by atoms with E-state index in [2.05, 4.69) is 0 Å². The number of aliphatic carboxylic acids is 1. The fourth-order valence-corrected chi connectivity index (χ4v) is 2.39. The van der Waals surface area contributed by atoms with Crippen LogP contribution in [0.4, 0.5) is 0 Å². The van der Waals surface area contributed by atoms with Crippen LogP contribution in [-0.2, 0) is 9.59 Å². The summed E-state index contributed by atoms with van der Waals surface area (Å²) in [7, 11) is 0. The van der Waals surface area contributed by atoms with Crippen molar-refractivity contribution in [3.05, 3.63) is 11.6 Å². The molecule has 1 heterocycles. The number of carbonyl (C=O) groups is 2. The van der Waals surface area contributed by atoms with Crippen LogP contribution in [0.25, 0.3) is 0 Å². The molecule has 0 bridgehead atoms. The summed E-state index contributed by atoms with van der Waals surface area (Å²) >= 11 is 0. The lowest BCUT2D eigenvalue weighted by Crippen LogP contribution is -2.47. The highest BCUT2D eigenvalue weighted by atomic mass is 16.4. The zero-order valence-electron chi connectivity index (χ0n) is 10.2. The Balaban J connectivity index is 2.05. The molecule has 2 fully saturated rings. The van der Waals surface area contributed by atoms with Crippen LogP contribution in [0.2, 0.25) is 0 Å². The highest BCUT2D eigenvalue weighted by Crippen LogP contribution is 2.36. The molecule has 1 amide bonds. The Morgan fingerprint density at radius 1 is 1.24 bits per heavy atom. The third kappa shape index (κ3) is 2.87. The van der Waals surface area contributed by atoms with Gasteiger partial charge in [-0.25, -0.2) is 4.79 Å². The van der Waals surface area contributed by atoms with E-state index < -0.39 is 12.0 Å². The second-order valence-electron chi connectivity index (χ2n) is 5.04. The number of allylic oxidation sites excluding steroid dienone is 1. The minimum Gasteiger partial charge on any atom is -0.480 e. The van der Waals surface area contributed by atoms with E-state index >= 15 is 0 Å². The Labute approximate surface area is 101 Å². The number of amides is 1. The Morgan fingerprint density at radius 2 is 1.94 bits per heavy atom. The number of carboxylic acid groups (broad SMARTS) is 1. The highest BCUT2D eigenvalue weighted by molar-refractivity contribution is 5.92. The minimum atomic E-state index is -0.879. The van der Waals surface area contributed by atoms with E-state index in [0.29, 0.717) is 18.9 Å². The first-order valence-electron chi connectivity index (χ1n) is 6.31. The van der Waals surface area contributed by atoms with Crippen molar-refractivity contribution in [1.82, 2.24) is 4.90 Å². The van der Waals surface area contributed by atoms with Gasteiger partial charge in [0.2, 0.25) is 5.91 Å². The van der Waals surface area contributed by atoms with E-state index in [0.717, 1.165) is 31.3 Å². The first-order valence-corrected chi connectivity index (χ1v) is 6.31. The summed E-state index contributed by atoms with van der Waals surface area (Å²) in [4.78, 5) is 24.6. The van der Waals surface area contributed by atoms with E-state index in [1.807, 2.05) is 6.92 Å². The van der Waals surface area contributed by atoms with Gasteiger partial charge in [0, 0.05) is 12.6 Å². The molecule has 0 unspecified atom stereocenters. The standard InChI is InChI=1S/C13H19NO3/c1-9(10-5-6-10)8-12(15)14-7-3-2-4-11(14)13(16)17/h8,10-11H,2-7H2,1H3,(H,16,17)/t11-/m1/s1. The number of likely N-dealkylation sites (tertiary alicyclic amines) is 1. The van der Waals surface area contributed by atoms with Gasteiger partial charge in [0.1, 0.15) is 6.04 Å². The number of nitrogens with zero attached hydrogens (tertiary/aromatic N) is 1. The fraction of sp³-hybridized carbons (Fsp3) is 0.692. The molecular formula is C13H19NO3. The Bertz CT molecular complexity index is 358. The average Bonchev–Trinajstić information content (AvgIpc) is 3.12. The molecule has 1 saturated heterocycles. The van der Waals surface area contributed by atoms with Gasteiger partial charge >= 0.3 is 5.97 Å². The third-order valence-electron chi connectivity index (χ3n) is 3.64. The lowest BCUT2D eigenvalue weighted by Gasteiger charge is -2.32. The van der Waals surface area contributed by atoms with Crippen molar-refractivity contribution in [1.29, 1.82) is 0 Å². The predicted molar refractivity (Wildman–Crippen MR) is 63.5 cm³/mol. The largest absolute Gasteiger partial charge is 0.480 e. The number of carbonyl (C=O) groups excluding carboxylic acids is 1. The number of carboxylic acids is 1. The predicted octanol–water partition coefficient (Wildman–Crippen LogP) is 1.81. The van der Waals surface area contributed by atoms with Gasteiger partial charge < -0.3 is 10.0 Å². The first-order chi connectivity index (χ1) is 8.09. The van der Waals surface area contributed by atoms with Crippen LogP contribution in [0.15, 0.2) is 11.6 Å². The summed E-state index contributed by atoms with van der Waals surface area (Å²) in [6.45, 7) is 2.54. The van der Waals surface area contributed by atoms with Gasteiger partial charge in [-0.3, -0.25) is 4.79 Å². The zero-order chi connectivity index (χ0) is 12.4. The molecule has 0 spiro atoms. The summed E-state index contributed by atoms with van der Waals surface area (Å²) in [6, 6.07) is -0.625. The van der Waals surface area contributed by atoms with Gasteiger partial charge in [0.25, 0.3) is 0 Å². The van der Waals surface area contributed by atoms with Crippen molar-refractivity contribution < 1.29 is 14.7 Å². The molecule has 1 saturated carbocycles. The zero-order valence-corrected chi connectivity index (χ0v) is 10.2. The first kappa shape index (κ1) is 12.1. The van der Waals surface area contributed by atoms with Gasteiger partial charge in [-0.2, -0.15) is 0 Å². The second kappa shape index (κ2) is 4.90. The molecule has 1 atom stereocenters. The molecule has 2 rings (SSSR count). The minimum absolute atomic E-state index is 0.124. The molecule has 4 nitrogen and oxygen atoms in total. The fourth-order valence-electron chi connectivity index (χ4n) is 2.39. The van der Waals surface area contributed by atoms with Crippen molar-refractivity contribution in [2.75, 3.05) is 6.54 Å². The van der Waals surface area contributed by atoms with Crippen LogP contribution >= 0.6 is 0 Å².